The van der Waals surface area contributed by atoms with Crippen molar-refractivity contribution in [2.45, 2.75) is 24.0 Å². The summed E-state index contributed by atoms with van der Waals surface area (Å²) in [7, 11) is -3.39. The van der Waals surface area contributed by atoms with Crippen LogP contribution in [0.4, 0.5) is 5.69 Å². The van der Waals surface area contributed by atoms with Crippen molar-refractivity contribution in [2.75, 3.05) is 44.2 Å². The Morgan fingerprint density at radius 1 is 0.967 bits per heavy atom. The van der Waals surface area contributed by atoms with E-state index in [9.17, 15) is 13.2 Å². The van der Waals surface area contributed by atoms with Crippen molar-refractivity contribution in [3.8, 4) is 0 Å². The summed E-state index contributed by atoms with van der Waals surface area (Å²) in [4.78, 5) is 17.4. The maximum atomic E-state index is 13.1. The molecule has 2 aliphatic rings. The third kappa shape index (κ3) is 4.40. The number of sulfonamides is 1. The van der Waals surface area contributed by atoms with Crippen LogP contribution in [0.3, 0.4) is 0 Å². The lowest BCUT2D eigenvalue weighted by Crippen LogP contribution is -2.51. The number of amides is 1. The first kappa shape index (κ1) is 21.3. The third-order valence-corrected chi connectivity index (χ3v) is 9.67. The lowest BCUT2D eigenvalue weighted by atomic mass is 9.85. The highest BCUT2D eigenvalue weighted by molar-refractivity contribution is 7.91. The van der Waals surface area contributed by atoms with E-state index in [1.807, 2.05) is 30.0 Å². The predicted octanol–water partition coefficient (Wildman–Crippen LogP) is 3.13. The van der Waals surface area contributed by atoms with Gasteiger partial charge in [0.15, 0.2) is 0 Å². The van der Waals surface area contributed by atoms with Crippen LogP contribution in [0.2, 0.25) is 0 Å². The second kappa shape index (κ2) is 9.08. The molecule has 6 nitrogen and oxygen atoms in total. The summed E-state index contributed by atoms with van der Waals surface area (Å²) in [6.07, 6.45) is 1.48. The summed E-state index contributed by atoms with van der Waals surface area (Å²) >= 11 is 1.26. The normalized spacial score (nSPS) is 20.3. The molecule has 0 N–H and O–H groups in total. The van der Waals surface area contributed by atoms with E-state index in [4.69, 9.17) is 0 Å². The van der Waals surface area contributed by atoms with Crippen LogP contribution in [0.25, 0.3) is 0 Å². The van der Waals surface area contributed by atoms with E-state index in [1.54, 1.807) is 21.8 Å². The van der Waals surface area contributed by atoms with Crippen LogP contribution >= 0.6 is 11.3 Å². The maximum Gasteiger partial charge on any atom is 0.252 e. The number of nitrogens with zero attached hydrogens (tertiary/aromatic N) is 3. The Labute approximate surface area is 183 Å². The molecular weight excluding hydrogens is 418 g/mol. The molecule has 1 amide bonds. The van der Waals surface area contributed by atoms with Crippen molar-refractivity contribution in [1.82, 2.24) is 9.21 Å². The first-order valence-corrected chi connectivity index (χ1v) is 12.9. The van der Waals surface area contributed by atoms with E-state index in [-0.39, 0.29) is 17.7 Å². The highest BCUT2D eigenvalue weighted by atomic mass is 32.2. The molecule has 8 heteroatoms. The summed E-state index contributed by atoms with van der Waals surface area (Å²) in [5.74, 6) is 0.376. The van der Waals surface area contributed by atoms with Crippen LogP contribution in [0.1, 0.15) is 19.8 Å². The SMILES string of the molecule is C[C@@H](C(=O)N1CCN(c2ccccc2)CC1)C1CCN(S(=O)(=O)c2cccs2)CC1. The number of thiophene rings is 1. The Morgan fingerprint density at radius 3 is 2.23 bits per heavy atom. The van der Waals surface area contributed by atoms with Crippen LogP contribution in [0, 0.1) is 11.8 Å². The quantitative estimate of drug-likeness (QED) is 0.707. The van der Waals surface area contributed by atoms with Crippen LogP contribution in [0.15, 0.2) is 52.1 Å². The van der Waals surface area contributed by atoms with Gasteiger partial charge in [-0.25, -0.2) is 8.42 Å². The molecule has 0 radical (unpaired) electrons. The Balaban J connectivity index is 1.29. The summed E-state index contributed by atoms with van der Waals surface area (Å²) in [6.45, 7) is 6.17. The molecule has 162 valence electrons. The molecular formula is C22H29N3O3S2. The maximum absolute atomic E-state index is 13.1. The zero-order valence-corrected chi connectivity index (χ0v) is 18.9. The van der Waals surface area contributed by atoms with Crippen LogP contribution < -0.4 is 4.90 Å². The number of piperidine rings is 1. The van der Waals surface area contributed by atoms with Crippen molar-refractivity contribution < 1.29 is 13.2 Å². The number of hydrogen-bond donors (Lipinski definition) is 0. The molecule has 0 bridgehead atoms. The fourth-order valence-corrected chi connectivity index (χ4v) is 7.08. The highest BCUT2D eigenvalue weighted by Gasteiger charge is 2.35. The van der Waals surface area contributed by atoms with Crippen molar-refractivity contribution in [1.29, 1.82) is 0 Å². The molecule has 0 saturated carbocycles. The van der Waals surface area contributed by atoms with Crippen LogP contribution in [-0.4, -0.2) is 62.8 Å². The van der Waals surface area contributed by atoms with Crippen molar-refractivity contribution in [3.63, 3.8) is 0 Å². The molecule has 1 atom stereocenters. The van der Waals surface area contributed by atoms with Gasteiger partial charge in [0, 0.05) is 50.9 Å². The van der Waals surface area contributed by atoms with Gasteiger partial charge >= 0.3 is 0 Å². The van der Waals surface area contributed by atoms with E-state index < -0.39 is 10.0 Å². The number of rotatable bonds is 5. The lowest BCUT2D eigenvalue weighted by molar-refractivity contribution is -0.137. The van der Waals surface area contributed by atoms with Crippen molar-refractivity contribution in [3.05, 3.63) is 47.8 Å². The highest BCUT2D eigenvalue weighted by Crippen LogP contribution is 2.31. The molecule has 30 heavy (non-hydrogen) atoms. The largest absolute Gasteiger partial charge is 0.368 e. The zero-order valence-electron chi connectivity index (χ0n) is 17.3. The molecule has 0 spiro atoms. The number of carbonyl (C=O) groups excluding carboxylic acids is 1. The van der Waals surface area contributed by atoms with Gasteiger partial charge in [-0.05, 0) is 42.3 Å². The third-order valence-electron chi connectivity index (χ3n) is 6.40. The fraction of sp³-hybridized carbons (Fsp3) is 0.500. The minimum atomic E-state index is -3.39. The van der Waals surface area contributed by atoms with Crippen molar-refractivity contribution >= 4 is 33.0 Å². The van der Waals surface area contributed by atoms with Gasteiger partial charge in [-0.2, -0.15) is 4.31 Å². The Kier molecular flexibility index (Phi) is 6.46. The molecule has 0 unspecified atom stereocenters. The number of benzene rings is 1. The molecule has 4 rings (SSSR count). The first-order valence-electron chi connectivity index (χ1n) is 10.6. The molecule has 2 aliphatic heterocycles. The number of anilines is 1. The predicted molar refractivity (Wildman–Crippen MR) is 120 cm³/mol. The first-order chi connectivity index (χ1) is 14.5. The minimum absolute atomic E-state index is 0.0696. The number of para-hydroxylation sites is 1. The molecule has 2 fully saturated rings. The topological polar surface area (TPSA) is 60.9 Å². The Hall–Kier alpha value is -1.90. The van der Waals surface area contributed by atoms with Crippen LogP contribution in [0.5, 0.6) is 0 Å². The Morgan fingerprint density at radius 2 is 1.63 bits per heavy atom. The smallest absolute Gasteiger partial charge is 0.252 e. The van der Waals surface area contributed by atoms with Gasteiger partial charge in [-0.15, -0.1) is 11.3 Å². The molecule has 3 heterocycles. The van der Waals surface area contributed by atoms with Gasteiger partial charge in [-0.3, -0.25) is 4.79 Å². The molecule has 2 aromatic rings. The summed E-state index contributed by atoms with van der Waals surface area (Å²) in [5, 5.41) is 1.79. The number of hydrogen-bond acceptors (Lipinski definition) is 5. The van der Waals surface area contributed by atoms with E-state index >= 15 is 0 Å². The zero-order chi connectivity index (χ0) is 21.1. The molecule has 1 aromatic carbocycles. The molecule has 1 aromatic heterocycles. The van der Waals surface area contributed by atoms with Gasteiger partial charge in [-0.1, -0.05) is 31.2 Å². The second-order valence-corrected chi connectivity index (χ2v) is 11.2. The number of carbonyl (C=O) groups is 1. The minimum Gasteiger partial charge on any atom is -0.368 e. The van der Waals surface area contributed by atoms with E-state index in [1.165, 1.54) is 17.0 Å². The van der Waals surface area contributed by atoms with Gasteiger partial charge < -0.3 is 9.80 Å². The standard InChI is InChI=1S/C22H29N3O3S2/c1-18(19-9-11-25(12-10-19)30(27,28)21-8-5-17-29-21)22(26)24-15-13-23(14-16-24)20-6-3-2-4-7-20/h2-8,17-19H,9-16H2,1H3/t18-/m1/s1. The Bertz CT molecular complexity index is 931. The summed E-state index contributed by atoms with van der Waals surface area (Å²) < 4.78 is 27.4. The van der Waals surface area contributed by atoms with E-state index in [0.29, 0.717) is 17.3 Å². The monoisotopic (exact) mass is 447 g/mol. The average molecular weight is 448 g/mol. The van der Waals surface area contributed by atoms with Gasteiger partial charge in [0.2, 0.25) is 5.91 Å². The summed E-state index contributed by atoms with van der Waals surface area (Å²) in [6, 6.07) is 13.7. The molecule has 0 aliphatic carbocycles. The van der Waals surface area contributed by atoms with Gasteiger partial charge in [0.1, 0.15) is 4.21 Å². The summed E-state index contributed by atoms with van der Waals surface area (Å²) in [5.41, 5.74) is 1.21. The second-order valence-electron chi connectivity index (χ2n) is 8.11. The van der Waals surface area contributed by atoms with Crippen LogP contribution in [-0.2, 0) is 14.8 Å². The van der Waals surface area contributed by atoms with Gasteiger partial charge in [0.25, 0.3) is 10.0 Å². The fourth-order valence-electron chi connectivity index (χ4n) is 4.47. The van der Waals surface area contributed by atoms with Gasteiger partial charge in [0.05, 0.1) is 0 Å². The number of piperazine rings is 1. The van der Waals surface area contributed by atoms with E-state index in [0.717, 1.165) is 39.0 Å². The van der Waals surface area contributed by atoms with Crippen molar-refractivity contribution in [2.24, 2.45) is 11.8 Å². The lowest BCUT2D eigenvalue weighted by Gasteiger charge is -2.39. The van der Waals surface area contributed by atoms with E-state index in [2.05, 4.69) is 17.0 Å². The molecule has 2 saturated heterocycles. The average Bonchev–Trinajstić information content (AvgIpc) is 3.35.